The molecule has 8 heteroatoms. The summed E-state index contributed by atoms with van der Waals surface area (Å²) >= 11 is 12.6. The molecule has 0 amide bonds. The van der Waals surface area contributed by atoms with Gasteiger partial charge in [-0.2, -0.15) is 5.26 Å². The van der Waals surface area contributed by atoms with E-state index in [0.29, 0.717) is 13.0 Å². The van der Waals surface area contributed by atoms with Gasteiger partial charge in [0.25, 0.3) is 5.56 Å². The minimum Gasteiger partial charge on any atom is -0.494 e. The molecule has 2 aromatic rings. The molecule has 0 radical (unpaired) electrons. The Morgan fingerprint density at radius 2 is 1.75 bits per heavy atom. The number of carbonyl (C=O) groups excluding carboxylic acids is 1. The van der Waals surface area contributed by atoms with Crippen LogP contribution in [-0.2, 0) is 6.54 Å². The molecule has 2 rings (SSSR count). The number of benzene rings is 1. The van der Waals surface area contributed by atoms with Crippen molar-refractivity contribution in [3.63, 3.8) is 0 Å². The monoisotopic (exact) mass is 478 g/mol. The third-order valence-electron chi connectivity index (χ3n) is 5.27. The summed E-state index contributed by atoms with van der Waals surface area (Å²) in [5.41, 5.74) is -0.630. The van der Waals surface area contributed by atoms with Crippen LogP contribution in [-0.4, -0.2) is 22.1 Å². The highest BCUT2D eigenvalue weighted by atomic mass is 35.5. The predicted molar refractivity (Wildman–Crippen MR) is 126 cm³/mol. The van der Waals surface area contributed by atoms with E-state index in [1.165, 1.54) is 19.1 Å². The first kappa shape index (κ1) is 25.8. The lowest BCUT2D eigenvalue weighted by Crippen LogP contribution is -2.27. The van der Waals surface area contributed by atoms with Crippen LogP contribution in [0.3, 0.4) is 0 Å². The van der Waals surface area contributed by atoms with E-state index in [1.807, 2.05) is 13.0 Å². The van der Waals surface area contributed by atoms with E-state index in [1.54, 1.807) is 0 Å². The van der Waals surface area contributed by atoms with Crippen molar-refractivity contribution < 1.29 is 14.6 Å². The molecule has 0 saturated heterocycles. The van der Waals surface area contributed by atoms with Crippen molar-refractivity contribution in [2.75, 3.05) is 6.61 Å². The Labute approximate surface area is 198 Å². The minimum atomic E-state index is -0.605. The van der Waals surface area contributed by atoms with Gasteiger partial charge in [-0.3, -0.25) is 14.2 Å². The molecule has 0 aliphatic heterocycles. The summed E-state index contributed by atoms with van der Waals surface area (Å²) in [6, 6.07) is 4.70. The fourth-order valence-electron chi connectivity index (χ4n) is 3.42. The second-order valence-corrected chi connectivity index (χ2v) is 8.44. The summed E-state index contributed by atoms with van der Waals surface area (Å²) in [5, 5.41) is 20.7. The molecule has 0 saturated carbocycles. The van der Waals surface area contributed by atoms with Gasteiger partial charge >= 0.3 is 0 Å². The van der Waals surface area contributed by atoms with E-state index in [0.717, 1.165) is 36.7 Å². The lowest BCUT2D eigenvalue weighted by Gasteiger charge is -2.16. The topological polar surface area (TPSA) is 92.3 Å². The summed E-state index contributed by atoms with van der Waals surface area (Å²) < 4.78 is 6.72. The molecule has 0 atom stereocenters. The van der Waals surface area contributed by atoms with Crippen LogP contribution in [0.15, 0.2) is 16.9 Å². The fourth-order valence-corrected chi connectivity index (χ4v) is 4.01. The van der Waals surface area contributed by atoms with Gasteiger partial charge in [0.15, 0.2) is 11.5 Å². The zero-order chi connectivity index (χ0) is 23.8. The number of aromatic hydroxyl groups is 1. The molecular formula is C24H28Cl2N2O4. The predicted octanol–water partition coefficient (Wildman–Crippen LogP) is 6.03. The minimum absolute atomic E-state index is 0.108. The molecule has 0 spiro atoms. The Balaban J connectivity index is 2.51. The molecule has 1 aromatic heterocycles. The maximum Gasteiger partial charge on any atom is 0.271 e. The molecule has 0 bridgehead atoms. The van der Waals surface area contributed by atoms with Crippen molar-refractivity contribution in [3.8, 4) is 17.7 Å². The van der Waals surface area contributed by atoms with Crippen molar-refractivity contribution in [2.45, 2.75) is 65.8 Å². The van der Waals surface area contributed by atoms with Crippen molar-refractivity contribution in [2.24, 2.45) is 0 Å². The largest absolute Gasteiger partial charge is 0.494 e. The average Bonchev–Trinajstić information content (AvgIpc) is 2.75. The van der Waals surface area contributed by atoms with Crippen LogP contribution < -0.4 is 10.3 Å². The highest BCUT2D eigenvalue weighted by Crippen LogP contribution is 2.36. The van der Waals surface area contributed by atoms with Crippen LogP contribution in [0.5, 0.6) is 11.6 Å². The molecule has 0 aliphatic rings. The van der Waals surface area contributed by atoms with Gasteiger partial charge in [-0.25, -0.2) is 0 Å². The number of aromatic nitrogens is 1. The second-order valence-electron chi connectivity index (χ2n) is 7.63. The van der Waals surface area contributed by atoms with Crippen molar-refractivity contribution in [1.82, 2.24) is 4.57 Å². The van der Waals surface area contributed by atoms with Crippen molar-refractivity contribution in [1.29, 1.82) is 5.26 Å². The summed E-state index contributed by atoms with van der Waals surface area (Å²) in [7, 11) is 0. The van der Waals surface area contributed by atoms with E-state index in [9.17, 15) is 20.0 Å². The lowest BCUT2D eigenvalue weighted by atomic mass is 9.97. The van der Waals surface area contributed by atoms with Gasteiger partial charge < -0.3 is 9.84 Å². The molecular weight excluding hydrogens is 451 g/mol. The van der Waals surface area contributed by atoms with E-state index >= 15 is 0 Å². The summed E-state index contributed by atoms with van der Waals surface area (Å²) in [6.07, 6.45) is 5.29. The maximum atomic E-state index is 13.3. The first-order valence-electron chi connectivity index (χ1n) is 10.8. The number of hydrogen-bond donors (Lipinski definition) is 1. The average molecular weight is 479 g/mol. The SMILES string of the molecule is CCCCCCn1c(O)c(C(=O)c2cc(Cl)c(OCCCC)c(Cl)c2)c(C)c(C#N)c1=O. The number of rotatable bonds is 11. The molecule has 0 aliphatic carbocycles. The Morgan fingerprint density at radius 3 is 2.31 bits per heavy atom. The van der Waals surface area contributed by atoms with Crippen LogP contribution in [0, 0.1) is 18.3 Å². The smallest absolute Gasteiger partial charge is 0.271 e. The molecule has 6 nitrogen and oxygen atoms in total. The highest BCUT2D eigenvalue weighted by Gasteiger charge is 2.26. The number of nitrogens with zero attached hydrogens (tertiary/aromatic N) is 2. The summed E-state index contributed by atoms with van der Waals surface area (Å²) in [4.78, 5) is 26.0. The van der Waals surface area contributed by atoms with Crippen LogP contribution in [0.25, 0.3) is 0 Å². The molecule has 1 aromatic carbocycles. The molecule has 172 valence electrons. The van der Waals surface area contributed by atoms with Crippen LogP contribution in [0.4, 0.5) is 0 Å². The number of carbonyl (C=O) groups is 1. The lowest BCUT2D eigenvalue weighted by molar-refractivity contribution is 0.103. The number of unbranched alkanes of at least 4 members (excludes halogenated alkanes) is 4. The van der Waals surface area contributed by atoms with Gasteiger partial charge in [0.1, 0.15) is 11.6 Å². The Morgan fingerprint density at radius 1 is 1.12 bits per heavy atom. The van der Waals surface area contributed by atoms with E-state index < -0.39 is 17.2 Å². The van der Waals surface area contributed by atoms with E-state index in [-0.39, 0.29) is 44.6 Å². The number of nitriles is 1. The zero-order valence-corrected chi connectivity index (χ0v) is 20.1. The molecule has 0 fully saturated rings. The summed E-state index contributed by atoms with van der Waals surface area (Å²) in [6.45, 7) is 6.22. The number of halogens is 2. The maximum absolute atomic E-state index is 13.3. The molecule has 1 N–H and O–H groups in total. The fraction of sp³-hybridized carbons (Fsp3) is 0.458. The standard InChI is InChI=1S/C24H28Cl2N2O4/c1-4-6-8-9-10-28-23(30)17(14-27)15(3)20(24(28)31)21(29)16-12-18(25)22(19(26)13-16)32-11-7-5-2/h12-13,31H,4-11H2,1-3H3. The first-order valence-corrected chi connectivity index (χ1v) is 11.6. The summed E-state index contributed by atoms with van der Waals surface area (Å²) in [5.74, 6) is -0.746. The van der Waals surface area contributed by atoms with Crippen molar-refractivity contribution in [3.05, 3.63) is 54.8 Å². The third kappa shape index (κ3) is 5.65. The first-order chi connectivity index (χ1) is 15.3. The van der Waals surface area contributed by atoms with Crippen LogP contribution >= 0.6 is 23.2 Å². The van der Waals surface area contributed by atoms with Gasteiger partial charge in [-0.05, 0) is 37.5 Å². The van der Waals surface area contributed by atoms with Gasteiger partial charge in [0, 0.05) is 12.1 Å². The Bertz CT molecular complexity index is 1060. The van der Waals surface area contributed by atoms with Gasteiger partial charge in [0.05, 0.1) is 22.2 Å². The number of hydrogen-bond acceptors (Lipinski definition) is 5. The normalized spacial score (nSPS) is 10.8. The Kier molecular flexibility index (Phi) is 9.61. The van der Waals surface area contributed by atoms with Crippen LogP contribution in [0.2, 0.25) is 10.0 Å². The van der Waals surface area contributed by atoms with E-state index in [2.05, 4.69) is 6.92 Å². The zero-order valence-electron chi connectivity index (χ0n) is 18.6. The molecule has 32 heavy (non-hydrogen) atoms. The molecule has 0 unspecified atom stereocenters. The number of ketones is 1. The highest BCUT2D eigenvalue weighted by molar-refractivity contribution is 6.38. The van der Waals surface area contributed by atoms with Gasteiger partial charge in [0.2, 0.25) is 5.88 Å². The Hall–Kier alpha value is -2.49. The van der Waals surface area contributed by atoms with Crippen molar-refractivity contribution >= 4 is 29.0 Å². The second kappa shape index (κ2) is 11.9. The molecule has 1 heterocycles. The quantitative estimate of drug-likeness (QED) is 0.314. The third-order valence-corrected chi connectivity index (χ3v) is 5.83. The number of ether oxygens (including phenoxy) is 1. The van der Waals surface area contributed by atoms with Gasteiger partial charge in [-0.1, -0.05) is 62.7 Å². The number of pyridine rings is 1. The van der Waals surface area contributed by atoms with Gasteiger partial charge in [-0.15, -0.1) is 0 Å². The van der Waals surface area contributed by atoms with E-state index in [4.69, 9.17) is 27.9 Å². The van der Waals surface area contributed by atoms with Crippen LogP contribution in [0.1, 0.15) is 79.4 Å².